The van der Waals surface area contributed by atoms with E-state index in [-0.39, 0.29) is 17.7 Å². The maximum Gasteiger partial charge on any atom is 0.321 e. The molecule has 3 rings (SSSR count). The summed E-state index contributed by atoms with van der Waals surface area (Å²) in [7, 11) is -3.39. The van der Waals surface area contributed by atoms with Crippen LogP contribution in [0.1, 0.15) is 26.2 Å². The van der Waals surface area contributed by atoms with Gasteiger partial charge in [-0.3, -0.25) is 4.79 Å². The molecule has 2 fully saturated rings. The fourth-order valence-corrected chi connectivity index (χ4v) is 5.50. The molecular weight excluding hydrogens is 380 g/mol. The van der Waals surface area contributed by atoms with Crippen LogP contribution in [-0.2, 0) is 14.8 Å². The number of urea groups is 1. The number of amides is 3. The predicted octanol–water partition coefficient (Wildman–Crippen LogP) is 1.57. The van der Waals surface area contributed by atoms with Crippen LogP contribution in [0, 0.1) is 0 Å². The Hall–Kier alpha value is -2.13. The van der Waals surface area contributed by atoms with Gasteiger partial charge in [0.1, 0.15) is 6.04 Å². The molecule has 2 aliphatic heterocycles. The number of para-hydroxylation sites is 1. The van der Waals surface area contributed by atoms with E-state index in [1.54, 1.807) is 9.80 Å². The van der Waals surface area contributed by atoms with E-state index in [2.05, 4.69) is 5.32 Å². The molecule has 154 valence electrons. The zero-order valence-corrected chi connectivity index (χ0v) is 17.0. The normalized spacial score (nSPS) is 21.0. The maximum absolute atomic E-state index is 12.9. The first-order valence-electron chi connectivity index (χ1n) is 9.81. The number of hydrogen-bond donors (Lipinski definition) is 1. The molecule has 28 heavy (non-hydrogen) atoms. The molecule has 0 saturated carbocycles. The van der Waals surface area contributed by atoms with Gasteiger partial charge < -0.3 is 15.1 Å². The maximum atomic E-state index is 12.9. The molecule has 0 bridgehead atoms. The Morgan fingerprint density at radius 2 is 1.68 bits per heavy atom. The van der Waals surface area contributed by atoms with Crippen LogP contribution >= 0.6 is 0 Å². The lowest BCUT2D eigenvalue weighted by Gasteiger charge is -2.37. The molecule has 2 saturated heterocycles. The van der Waals surface area contributed by atoms with Crippen LogP contribution in [0.15, 0.2) is 30.3 Å². The molecule has 1 aromatic rings. The van der Waals surface area contributed by atoms with Gasteiger partial charge >= 0.3 is 6.03 Å². The van der Waals surface area contributed by atoms with Crippen molar-refractivity contribution in [2.24, 2.45) is 0 Å². The number of carbonyl (C=O) groups is 2. The Kier molecular flexibility index (Phi) is 6.56. The SMILES string of the molecule is CCCS(=O)(=O)N1CCC[C@H]1C(=O)N1CCN(C(=O)Nc2ccccc2)CC1. The van der Waals surface area contributed by atoms with Gasteiger partial charge in [0, 0.05) is 38.4 Å². The number of benzene rings is 1. The van der Waals surface area contributed by atoms with Crippen LogP contribution in [0.4, 0.5) is 10.5 Å². The van der Waals surface area contributed by atoms with Crippen molar-refractivity contribution < 1.29 is 18.0 Å². The topological polar surface area (TPSA) is 90.0 Å². The second-order valence-corrected chi connectivity index (χ2v) is 9.23. The van der Waals surface area contributed by atoms with Crippen LogP contribution in [0.25, 0.3) is 0 Å². The first-order valence-corrected chi connectivity index (χ1v) is 11.4. The van der Waals surface area contributed by atoms with E-state index < -0.39 is 16.1 Å². The van der Waals surface area contributed by atoms with Gasteiger partial charge in [0.25, 0.3) is 0 Å². The molecule has 2 aliphatic rings. The summed E-state index contributed by atoms with van der Waals surface area (Å²) in [6, 6.07) is 8.45. The summed E-state index contributed by atoms with van der Waals surface area (Å²) in [5.41, 5.74) is 0.730. The first kappa shape index (κ1) is 20.6. The third-order valence-electron chi connectivity index (χ3n) is 5.21. The lowest BCUT2D eigenvalue weighted by atomic mass is 10.2. The zero-order valence-electron chi connectivity index (χ0n) is 16.2. The van der Waals surface area contributed by atoms with Crippen molar-refractivity contribution in [2.75, 3.05) is 43.8 Å². The van der Waals surface area contributed by atoms with Gasteiger partial charge in [-0.15, -0.1) is 0 Å². The molecule has 1 atom stereocenters. The summed E-state index contributed by atoms with van der Waals surface area (Å²) in [6.45, 7) is 3.93. The van der Waals surface area contributed by atoms with Crippen LogP contribution in [0.2, 0.25) is 0 Å². The van der Waals surface area contributed by atoms with Crippen molar-refractivity contribution >= 4 is 27.6 Å². The fraction of sp³-hybridized carbons (Fsp3) is 0.579. The monoisotopic (exact) mass is 408 g/mol. The number of hydrogen-bond acceptors (Lipinski definition) is 4. The summed E-state index contributed by atoms with van der Waals surface area (Å²) in [5.74, 6) is -0.0650. The van der Waals surface area contributed by atoms with E-state index in [4.69, 9.17) is 0 Å². The minimum Gasteiger partial charge on any atom is -0.338 e. The summed E-state index contributed by atoms with van der Waals surface area (Å²) in [4.78, 5) is 28.7. The summed E-state index contributed by atoms with van der Waals surface area (Å²) >= 11 is 0. The zero-order chi connectivity index (χ0) is 20.1. The number of anilines is 1. The summed E-state index contributed by atoms with van der Waals surface area (Å²) < 4.78 is 26.3. The van der Waals surface area contributed by atoms with Crippen molar-refractivity contribution in [3.63, 3.8) is 0 Å². The average molecular weight is 409 g/mol. The summed E-state index contributed by atoms with van der Waals surface area (Å²) in [6.07, 6.45) is 1.81. The number of rotatable bonds is 5. The highest BCUT2D eigenvalue weighted by atomic mass is 32.2. The molecule has 3 amide bonds. The number of nitrogens with zero attached hydrogens (tertiary/aromatic N) is 3. The van der Waals surface area contributed by atoms with Crippen LogP contribution in [0.3, 0.4) is 0 Å². The average Bonchev–Trinajstić information content (AvgIpc) is 3.19. The standard InChI is InChI=1S/C19H28N4O4S/c1-2-15-28(26,27)23-10-6-9-17(23)18(24)21-11-13-22(14-12-21)19(25)20-16-7-4-3-5-8-16/h3-5,7-8,17H,2,6,9-15H2,1H3,(H,20,25)/t17-/m0/s1. The van der Waals surface area contributed by atoms with E-state index in [1.807, 2.05) is 37.3 Å². The van der Waals surface area contributed by atoms with E-state index in [0.717, 1.165) is 5.69 Å². The van der Waals surface area contributed by atoms with Crippen molar-refractivity contribution in [1.29, 1.82) is 0 Å². The summed E-state index contributed by atoms with van der Waals surface area (Å²) in [5, 5.41) is 2.85. The largest absolute Gasteiger partial charge is 0.338 e. The molecule has 0 unspecified atom stereocenters. The minimum atomic E-state index is -3.39. The van der Waals surface area contributed by atoms with E-state index >= 15 is 0 Å². The van der Waals surface area contributed by atoms with Crippen LogP contribution in [-0.4, -0.2) is 79.0 Å². The van der Waals surface area contributed by atoms with E-state index in [9.17, 15) is 18.0 Å². The molecule has 1 N–H and O–H groups in total. The molecule has 0 aliphatic carbocycles. The third-order valence-corrected chi connectivity index (χ3v) is 7.29. The van der Waals surface area contributed by atoms with Gasteiger partial charge in [0.2, 0.25) is 15.9 Å². The third kappa shape index (κ3) is 4.64. The number of sulfonamides is 1. The molecule has 0 aromatic heterocycles. The highest BCUT2D eigenvalue weighted by Crippen LogP contribution is 2.24. The number of carbonyl (C=O) groups excluding carboxylic acids is 2. The molecule has 1 aromatic carbocycles. The van der Waals surface area contributed by atoms with Gasteiger partial charge in [-0.25, -0.2) is 13.2 Å². The number of piperazine rings is 1. The van der Waals surface area contributed by atoms with Crippen LogP contribution in [0.5, 0.6) is 0 Å². The molecule has 9 heteroatoms. The van der Waals surface area contributed by atoms with Crippen molar-refractivity contribution in [2.45, 2.75) is 32.2 Å². The highest BCUT2D eigenvalue weighted by Gasteiger charge is 2.40. The van der Waals surface area contributed by atoms with Crippen LogP contribution < -0.4 is 5.32 Å². The molecular formula is C19H28N4O4S. The highest BCUT2D eigenvalue weighted by molar-refractivity contribution is 7.89. The second-order valence-electron chi connectivity index (χ2n) is 7.19. The van der Waals surface area contributed by atoms with E-state index in [1.165, 1.54) is 4.31 Å². The van der Waals surface area contributed by atoms with Gasteiger partial charge in [0.15, 0.2) is 0 Å². The lowest BCUT2D eigenvalue weighted by Crippen LogP contribution is -2.56. The van der Waals surface area contributed by atoms with Gasteiger partial charge in [-0.05, 0) is 31.4 Å². The molecule has 0 spiro atoms. The molecule has 2 heterocycles. The fourth-order valence-electron chi connectivity index (χ4n) is 3.76. The van der Waals surface area contributed by atoms with Gasteiger partial charge in [-0.1, -0.05) is 25.1 Å². The lowest BCUT2D eigenvalue weighted by molar-refractivity contribution is -0.136. The Bertz CT molecular complexity index is 791. The Balaban J connectivity index is 1.55. The first-order chi connectivity index (χ1) is 13.4. The van der Waals surface area contributed by atoms with Crippen molar-refractivity contribution in [1.82, 2.24) is 14.1 Å². The molecule has 0 radical (unpaired) electrons. The van der Waals surface area contributed by atoms with E-state index in [0.29, 0.717) is 52.0 Å². The predicted molar refractivity (Wildman–Crippen MR) is 107 cm³/mol. The number of nitrogens with one attached hydrogen (secondary N) is 1. The quantitative estimate of drug-likeness (QED) is 0.801. The second kappa shape index (κ2) is 8.91. The van der Waals surface area contributed by atoms with Gasteiger partial charge in [-0.2, -0.15) is 4.31 Å². The minimum absolute atomic E-state index is 0.0736. The smallest absolute Gasteiger partial charge is 0.321 e. The Morgan fingerprint density at radius 1 is 1.04 bits per heavy atom. The van der Waals surface area contributed by atoms with Crippen molar-refractivity contribution in [3.8, 4) is 0 Å². The Morgan fingerprint density at radius 3 is 2.32 bits per heavy atom. The molecule has 8 nitrogen and oxygen atoms in total. The van der Waals surface area contributed by atoms with Crippen molar-refractivity contribution in [3.05, 3.63) is 30.3 Å². The Labute approximate surface area is 166 Å². The van der Waals surface area contributed by atoms with Gasteiger partial charge in [0.05, 0.1) is 5.75 Å².